The van der Waals surface area contributed by atoms with Gasteiger partial charge in [0.1, 0.15) is 0 Å². The van der Waals surface area contributed by atoms with Crippen LogP contribution in [-0.4, -0.2) is 40.9 Å². The maximum Gasteiger partial charge on any atom is 0.317 e. The summed E-state index contributed by atoms with van der Waals surface area (Å²) < 4.78 is 0. The fourth-order valence-corrected chi connectivity index (χ4v) is 3.90. The van der Waals surface area contributed by atoms with Gasteiger partial charge >= 0.3 is 6.03 Å². The van der Waals surface area contributed by atoms with Crippen LogP contribution >= 0.6 is 0 Å². The average molecular weight is 343 g/mol. The zero-order valence-electron chi connectivity index (χ0n) is 15.2. The first-order valence-electron chi connectivity index (χ1n) is 9.57. The van der Waals surface area contributed by atoms with E-state index in [1.165, 1.54) is 6.42 Å². The first-order chi connectivity index (χ1) is 12.2. The summed E-state index contributed by atoms with van der Waals surface area (Å²) in [5.41, 5.74) is 2.22. The van der Waals surface area contributed by atoms with E-state index in [9.17, 15) is 9.59 Å². The summed E-state index contributed by atoms with van der Waals surface area (Å²) in [7, 11) is 0. The van der Waals surface area contributed by atoms with Crippen LogP contribution in [0.15, 0.2) is 24.3 Å². The average Bonchev–Trinajstić information content (AvgIpc) is 3.04. The van der Waals surface area contributed by atoms with Crippen LogP contribution < -0.4 is 5.32 Å². The molecule has 0 spiro atoms. The number of likely N-dealkylation sites (tertiary alicyclic amines) is 2. The Bertz CT molecular complexity index is 617. The molecule has 2 aliphatic heterocycles. The predicted octanol–water partition coefficient (Wildman–Crippen LogP) is 3.28. The lowest BCUT2D eigenvalue weighted by Crippen LogP contribution is -2.48. The Balaban J connectivity index is 1.55. The van der Waals surface area contributed by atoms with Crippen molar-refractivity contribution < 1.29 is 9.59 Å². The summed E-state index contributed by atoms with van der Waals surface area (Å²) in [6.45, 7) is 5.08. The largest absolute Gasteiger partial charge is 0.338 e. The van der Waals surface area contributed by atoms with E-state index < -0.39 is 0 Å². The van der Waals surface area contributed by atoms with Gasteiger partial charge < -0.3 is 15.1 Å². The van der Waals surface area contributed by atoms with Gasteiger partial charge in [-0.25, -0.2) is 4.79 Å². The van der Waals surface area contributed by atoms with Crippen molar-refractivity contribution in [2.75, 3.05) is 13.1 Å². The Kier molecular flexibility index (Phi) is 5.95. The minimum Gasteiger partial charge on any atom is -0.338 e. The van der Waals surface area contributed by atoms with Crippen molar-refractivity contribution in [3.05, 3.63) is 35.4 Å². The summed E-state index contributed by atoms with van der Waals surface area (Å²) in [4.78, 5) is 28.2. The second-order valence-corrected chi connectivity index (χ2v) is 7.15. The molecule has 5 heteroatoms. The maximum absolute atomic E-state index is 12.5. The number of nitrogens with zero attached hydrogens (tertiary/aromatic N) is 2. The van der Waals surface area contributed by atoms with Crippen molar-refractivity contribution >= 4 is 11.9 Å². The molecule has 1 aromatic carbocycles. The van der Waals surface area contributed by atoms with Crippen molar-refractivity contribution in [3.63, 3.8) is 0 Å². The van der Waals surface area contributed by atoms with Crippen LogP contribution in [0.25, 0.3) is 0 Å². The number of urea groups is 1. The quantitative estimate of drug-likeness (QED) is 0.892. The maximum atomic E-state index is 12.5. The van der Waals surface area contributed by atoms with Crippen LogP contribution in [0, 0.1) is 0 Å². The lowest BCUT2D eigenvalue weighted by molar-refractivity contribution is -0.128. The molecule has 2 heterocycles. The first kappa shape index (κ1) is 17.8. The number of carbonyl (C=O) groups is 2. The van der Waals surface area contributed by atoms with E-state index in [0.717, 1.165) is 49.9 Å². The number of benzene rings is 1. The zero-order valence-corrected chi connectivity index (χ0v) is 15.2. The van der Waals surface area contributed by atoms with Crippen molar-refractivity contribution in [2.24, 2.45) is 0 Å². The molecular formula is C20H29N3O2. The zero-order chi connectivity index (χ0) is 17.6. The lowest BCUT2D eigenvalue weighted by atomic mass is 10.0. The molecule has 0 aliphatic carbocycles. The molecule has 0 bridgehead atoms. The van der Waals surface area contributed by atoms with Gasteiger partial charge in [-0.1, -0.05) is 31.2 Å². The Morgan fingerprint density at radius 3 is 2.80 bits per heavy atom. The molecule has 1 unspecified atom stereocenters. The molecule has 3 amide bonds. The summed E-state index contributed by atoms with van der Waals surface area (Å²) in [5.74, 6) is 0.245. The molecule has 1 atom stereocenters. The van der Waals surface area contributed by atoms with Crippen LogP contribution in [0.4, 0.5) is 4.79 Å². The molecule has 1 N–H and O–H groups in total. The fourth-order valence-electron chi connectivity index (χ4n) is 3.90. The van der Waals surface area contributed by atoms with Gasteiger partial charge in [-0.15, -0.1) is 0 Å². The van der Waals surface area contributed by atoms with E-state index in [1.54, 1.807) is 0 Å². The Labute approximate surface area is 150 Å². The van der Waals surface area contributed by atoms with Gasteiger partial charge in [0.25, 0.3) is 0 Å². The first-order valence-corrected chi connectivity index (χ1v) is 9.57. The lowest BCUT2D eigenvalue weighted by Gasteiger charge is -2.35. The second kappa shape index (κ2) is 8.37. The molecule has 0 radical (unpaired) electrons. The van der Waals surface area contributed by atoms with Crippen LogP contribution in [0.2, 0.25) is 0 Å². The molecule has 5 nitrogen and oxygen atoms in total. The van der Waals surface area contributed by atoms with Crippen LogP contribution in [0.5, 0.6) is 0 Å². The number of amides is 3. The topological polar surface area (TPSA) is 52.7 Å². The third-order valence-corrected chi connectivity index (χ3v) is 5.34. The number of carbonyl (C=O) groups excluding carboxylic acids is 2. The molecule has 25 heavy (non-hydrogen) atoms. The minimum absolute atomic E-state index is 0.0478. The highest BCUT2D eigenvalue weighted by Gasteiger charge is 2.25. The molecule has 3 rings (SSSR count). The number of hydrogen-bond acceptors (Lipinski definition) is 2. The Morgan fingerprint density at radius 2 is 2.04 bits per heavy atom. The van der Waals surface area contributed by atoms with Gasteiger partial charge in [0.05, 0.1) is 0 Å². The van der Waals surface area contributed by atoms with Gasteiger partial charge in [-0.05, 0) is 43.2 Å². The highest BCUT2D eigenvalue weighted by atomic mass is 16.2. The van der Waals surface area contributed by atoms with E-state index in [4.69, 9.17) is 0 Å². The molecule has 2 aliphatic rings. The minimum atomic E-state index is 0.0478. The van der Waals surface area contributed by atoms with E-state index in [2.05, 4.69) is 24.4 Å². The predicted molar refractivity (Wildman–Crippen MR) is 98.0 cm³/mol. The molecule has 136 valence electrons. The van der Waals surface area contributed by atoms with Gasteiger partial charge in [-0.2, -0.15) is 0 Å². The van der Waals surface area contributed by atoms with Crippen molar-refractivity contribution in [3.8, 4) is 0 Å². The molecule has 2 fully saturated rings. The smallest absolute Gasteiger partial charge is 0.317 e. The van der Waals surface area contributed by atoms with Crippen LogP contribution in [-0.2, 0) is 17.9 Å². The number of hydrogen-bond donors (Lipinski definition) is 1. The van der Waals surface area contributed by atoms with Crippen LogP contribution in [0.1, 0.15) is 56.6 Å². The number of rotatable bonds is 5. The highest BCUT2D eigenvalue weighted by molar-refractivity contribution is 5.78. The van der Waals surface area contributed by atoms with Crippen molar-refractivity contribution in [1.29, 1.82) is 0 Å². The van der Waals surface area contributed by atoms with Gasteiger partial charge in [-0.3, -0.25) is 4.79 Å². The van der Waals surface area contributed by atoms with Crippen molar-refractivity contribution in [2.45, 2.75) is 64.6 Å². The van der Waals surface area contributed by atoms with Crippen LogP contribution in [0.3, 0.4) is 0 Å². The van der Waals surface area contributed by atoms with Gasteiger partial charge in [0, 0.05) is 38.6 Å². The summed E-state index contributed by atoms with van der Waals surface area (Å²) in [6, 6.07) is 8.61. The van der Waals surface area contributed by atoms with E-state index in [0.29, 0.717) is 25.6 Å². The Morgan fingerprint density at radius 1 is 1.20 bits per heavy atom. The monoisotopic (exact) mass is 343 g/mol. The van der Waals surface area contributed by atoms with Gasteiger partial charge in [0.15, 0.2) is 0 Å². The number of nitrogens with one attached hydrogen (secondary N) is 1. The Hall–Kier alpha value is -2.04. The molecule has 0 aromatic heterocycles. The standard InChI is InChI=1S/C20H29N3O2/c1-2-18-9-3-4-12-23(18)20(25)21-14-16-7-5-8-17(13-16)15-22-11-6-10-19(22)24/h5,7-8,13,18H,2-4,6,9-12,14-15H2,1H3,(H,21,25). The van der Waals surface area contributed by atoms with E-state index in [-0.39, 0.29) is 11.9 Å². The third kappa shape index (κ3) is 4.53. The molecular weight excluding hydrogens is 314 g/mol. The second-order valence-electron chi connectivity index (χ2n) is 7.15. The molecule has 0 saturated carbocycles. The summed E-state index contributed by atoms with van der Waals surface area (Å²) in [5, 5.41) is 3.07. The molecule has 1 aromatic rings. The SMILES string of the molecule is CCC1CCCCN1C(=O)NCc1cccc(CN2CCCC2=O)c1. The van der Waals surface area contributed by atoms with Gasteiger partial charge in [0.2, 0.25) is 5.91 Å². The van der Waals surface area contributed by atoms with E-state index >= 15 is 0 Å². The highest BCUT2D eigenvalue weighted by Crippen LogP contribution is 2.19. The number of piperidine rings is 1. The summed E-state index contributed by atoms with van der Waals surface area (Å²) in [6.07, 6.45) is 6.09. The summed E-state index contributed by atoms with van der Waals surface area (Å²) >= 11 is 0. The normalized spacial score (nSPS) is 20.8. The van der Waals surface area contributed by atoms with Crippen molar-refractivity contribution in [1.82, 2.24) is 15.1 Å². The third-order valence-electron chi connectivity index (χ3n) is 5.34. The van der Waals surface area contributed by atoms with E-state index in [1.807, 2.05) is 21.9 Å². The molecule has 2 saturated heterocycles. The fraction of sp³-hybridized carbons (Fsp3) is 0.600.